The number of hydrogen-bond donors (Lipinski definition) is 1. The summed E-state index contributed by atoms with van der Waals surface area (Å²) in [4.78, 5) is 18.2. The molecule has 0 aliphatic rings. The van der Waals surface area contributed by atoms with Crippen molar-refractivity contribution in [3.05, 3.63) is 47.5 Å². The van der Waals surface area contributed by atoms with Gasteiger partial charge in [-0.25, -0.2) is 27.9 Å². The van der Waals surface area contributed by atoms with Gasteiger partial charge in [0.1, 0.15) is 5.82 Å². The zero-order valence-corrected chi connectivity index (χ0v) is 9.35. The summed E-state index contributed by atoms with van der Waals surface area (Å²) in [6.07, 6.45) is -1.72. The van der Waals surface area contributed by atoms with E-state index in [1.165, 1.54) is 18.3 Å². The number of carboxylic acid groups (broad SMARTS) is 1. The van der Waals surface area contributed by atoms with E-state index in [-0.39, 0.29) is 17.1 Å². The van der Waals surface area contributed by atoms with Crippen molar-refractivity contribution in [1.29, 1.82) is 0 Å². The molecule has 1 aromatic carbocycles. The highest BCUT2D eigenvalue weighted by Gasteiger charge is 2.15. The summed E-state index contributed by atoms with van der Waals surface area (Å²) < 4.78 is 38.2. The SMILES string of the molecule is O=C(O)c1ccnc(-c2ccc(C(F)F)c(F)c2)n1. The van der Waals surface area contributed by atoms with E-state index in [9.17, 15) is 18.0 Å². The average molecular weight is 268 g/mol. The van der Waals surface area contributed by atoms with Crippen molar-refractivity contribution >= 4 is 5.97 Å². The molecule has 0 saturated carbocycles. The van der Waals surface area contributed by atoms with Crippen LogP contribution in [-0.4, -0.2) is 21.0 Å². The van der Waals surface area contributed by atoms with Gasteiger partial charge in [0.25, 0.3) is 6.43 Å². The molecule has 7 heteroatoms. The van der Waals surface area contributed by atoms with Gasteiger partial charge in [0.05, 0.1) is 5.56 Å². The summed E-state index contributed by atoms with van der Waals surface area (Å²) in [6, 6.07) is 4.16. The first-order valence-corrected chi connectivity index (χ1v) is 5.13. The number of carboxylic acids is 1. The van der Waals surface area contributed by atoms with Crippen LogP contribution in [0.4, 0.5) is 13.2 Å². The van der Waals surface area contributed by atoms with E-state index in [0.29, 0.717) is 0 Å². The molecule has 0 bridgehead atoms. The summed E-state index contributed by atoms with van der Waals surface area (Å²) in [6.45, 7) is 0. The van der Waals surface area contributed by atoms with Crippen LogP contribution in [0.15, 0.2) is 30.5 Å². The molecule has 1 aromatic heterocycles. The Bertz CT molecular complexity index is 632. The predicted molar refractivity (Wildman–Crippen MR) is 59.3 cm³/mol. The fourth-order valence-electron chi connectivity index (χ4n) is 1.46. The van der Waals surface area contributed by atoms with Gasteiger partial charge >= 0.3 is 5.97 Å². The van der Waals surface area contributed by atoms with Gasteiger partial charge in [-0.3, -0.25) is 0 Å². The second kappa shape index (κ2) is 5.05. The number of hydrogen-bond acceptors (Lipinski definition) is 3. The minimum Gasteiger partial charge on any atom is -0.477 e. The maximum absolute atomic E-state index is 13.4. The molecule has 19 heavy (non-hydrogen) atoms. The molecule has 4 nitrogen and oxygen atoms in total. The van der Waals surface area contributed by atoms with Crippen LogP contribution in [0.5, 0.6) is 0 Å². The molecule has 0 amide bonds. The maximum Gasteiger partial charge on any atom is 0.354 e. The summed E-state index contributed by atoms with van der Waals surface area (Å²) >= 11 is 0. The fourth-order valence-corrected chi connectivity index (χ4v) is 1.46. The van der Waals surface area contributed by atoms with Crippen molar-refractivity contribution in [2.45, 2.75) is 6.43 Å². The average Bonchev–Trinajstić information content (AvgIpc) is 2.38. The van der Waals surface area contributed by atoms with Crippen LogP contribution in [0.2, 0.25) is 0 Å². The summed E-state index contributed by atoms with van der Waals surface area (Å²) in [5.74, 6) is -2.38. The number of halogens is 3. The van der Waals surface area contributed by atoms with Crippen LogP contribution in [0, 0.1) is 5.82 Å². The molecule has 0 fully saturated rings. The van der Waals surface area contributed by atoms with E-state index in [4.69, 9.17) is 5.11 Å². The van der Waals surface area contributed by atoms with Crippen molar-refractivity contribution in [2.75, 3.05) is 0 Å². The van der Waals surface area contributed by atoms with Crippen LogP contribution in [-0.2, 0) is 0 Å². The van der Waals surface area contributed by atoms with Crippen molar-refractivity contribution in [3.8, 4) is 11.4 Å². The molecule has 0 unspecified atom stereocenters. The minimum atomic E-state index is -2.92. The molecule has 0 spiro atoms. The molecule has 98 valence electrons. The number of nitrogens with zero attached hydrogens (tertiary/aromatic N) is 2. The van der Waals surface area contributed by atoms with E-state index in [1.807, 2.05) is 0 Å². The van der Waals surface area contributed by atoms with E-state index < -0.39 is 23.8 Å². The molecular formula is C12H7F3N2O2. The van der Waals surface area contributed by atoms with Gasteiger partial charge in [0.2, 0.25) is 0 Å². The summed E-state index contributed by atoms with van der Waals surface area (Å²) in [5, 5.41) is 8.76. The third kappa shape index (κ3) is 2.70. The molecular weight excluding hydrogens is 261 g/mol. The molecule has 2 aromatic rings. The molecule has 0 atom stereocenters. The molecule has 0 aliphatic heterocycles. The van der Waals surface area contributed by atoms with E-state index in [0.717, 1.165) is 12.1 Å². The summed E-state index contributed by atoms with van der Waals surface area (Å²) in [5.41, 5.74) is -0.855. The van der Waals surface area contributed by atoms with Crippen molar-refractivity contribution in [3.63, 3.8) is 0 Å². The largest absolute Gasteiger partial charge is 0.477 e. The van der Waals surface area contributed by atoms with Gasteiger partial charge in [-0.05, 0) is 18.2 Å². The van der Waals surface area contributed by atoms with Crippen LogP contribution >= 0.6 is 0 Å². The number of alkyl halides is 2. The standard InChI is InChI=1S/C12H7F3N2O2/c13-8-5-6(1-2-7(8)10(14)15)11-16-4-3-9(17-11)12(18)19/h1-5,10H,(H,18,19). The normalized spacial score (nSPS) is 10.7. The Hall–Kier alpha value is -2.44. The van der Waals surface area contributed by atoms with E-state index in [1.54, 1.807) is 0 Å². The van der Waals surface area contributed by atoms with Gasteiger partial charge in [0, 0.05) is 11.8 Å². The quantitative estimate of drug-likeness (QED) is 0.929. The number of carbonyl (C=O) groups is 1. The lowest BCUT2D eigenvalue weighted by Crippen LogP contribution is -2.02. The Morgan fingerprint density at radius 1 is 1.26 bits per heavy atom. The zero-order chi connectivity index (χ0) is 14.0. The fraction of sp³-hybridized carbons (Fsp3) is 0.0833. The van der Waals surface area contributed by atoms with Crippen LogP contribution in [0.25, 0.3) is 11.4 Å². The lowest BCUT2D eigenvalue weighted by atomic mass is 10.1. The summed E-state index contributed by atoms with van der Waals surface area (Å²) in [7, 11) is 0. The topological polar surface area (TPSA) is 63.1 Å². The van der Waals surface area contributed by atoms with Crippen LogP contribution in [0.1, 0.15) is 22.5 Å². The number of benzene rings is 1. The van der Waals surface area contributed by atoms with Gasteiger partial charge < -0.3 is 5.11 Å². The Morgan fingerprint density at radius 3 is 2.58 bits per heavy atom. The van der Waals surface area contributed by atoms with Gasteiger partial charge in [-0.1, -0.05) is 6.07 Å². The molecule has 1 heterocycles. The highest BCUT2D eigenvalue weighted by atomic mass is 19.3. The molecule has 1 N–H and O–H groups in total. The Labute approximate surface area is 105 Å². The third-order valence-corrected chi connectivity index (χ3v) is 2.37. The first kappa shape index (κ1) is 13.0. The van der Waals surface area contributed by atoms with Gasteiger partial charge in [-0.15, -0.1) is 0 Å². The van der Waals surface area contributed by atoms with Gasteiger partial charge in [0.15, 0.2) is 11.5 Å². The number of aromatic nitrogens is 2. The third-order valence-electron chi connectivity index (χ3n) is 2.37. The van der Waals surface area contributed by atoms with E-state index >= 15 is 0 Å². The Balaban J connectivity index is 2.45. The molecule has 0 saturated heterocycles. The maximum atomic E-state index is 13.4. The van der Waals surface area contributed by atoms with Crippen LogP contribution < -0.4 is 0 Å². The second-order valence-electron chi connectivity index (χ2n) is 3.61. The first-order chi connectivity index (χ1) is 8.99. The smallest absolute Gasteiger partial charge is 0.354 e. The van der Waals surface area contributed by atoms with Crippen LogP contribution in [0.3, 0.4) is 0 Å². The number of rotatable bonds is 3. The monoisotopic (exact) mass is 268 g/mol. The second-order valence-corrected chi connectivity index (χ2v) is 3.61. The highest BCUT2D eigenvalue weighted by Crippen LogP contribution is 2.25. The van der Waals surface area contributed by atoms with Gasteiger partial charge in [-0.2, -0.15) is 0 Å². The van der Waals surface area contributed by atoms with E-state index in [2.05, 4.69) is 9.97 Å². The Kier molecular flexibility index (Phi) is 3.46. The Morgan fingerprint density at radius 2 is 2.00 bits per heavy atom. The van der Waals surface area contributed by atoms with Crippen molar-refractivity contribution in [2.24, 2.45) is 0 Å². The molecule has 0 radical (unpaired) electrons. The lowest BCUT2D eigenvalue weighted by Gasteiger charge is -2.05. The minimum absolute atomic E-state index is 0.0420. The highest BCUT2D eigenvalue weighted by molar-refractivity contribution is 5.85. The molecule has 0 aliphatic carbocycles. The molecule has 2 rings (SSSR count). The van der Waals surface area contributed by atoms with Crippen molar-refractivity contribution < 1.29 is 23.1 Å². The predicted octanol–water partition coefficient (Wildman–Crippen LogP) is 2.92. The first-order valence-electron chi connectivity index (χ1n) is 5.13. The zero-order valence-electron chi connectivity index (χ0n) is 9.35. The van der Waals surface area contributed by atoms with Crippen molar-refractivity contribution in [1.82, 2.24) is 9.97 Å². The number of aromatic carboxylic acids is 1. The lowest BCUT2D eigenvalue weighted by molar-refractivity contribution is 0.0690.